The number of likely N-dealkylation sites (N-methyl/N-ethyl adjacent to an activating group) is 1. The van der Waals surface area contributed by atoms with E-state index in [0.717, 1.165) is 13.0 Å². The van der Waals surface area contributed by atoms with Crippen molar-refractivity contribution in [3.05, 3.63) is 49.7 Å². The van der Waals surface area contributed by atoms with E-state index < -0.39 is 0 Å². The van der Waals surface area contributed by atoms with Crippen molar-refractivity contribution in [1.82, 2.24) is 9.80 Å². The molecule has 1 radical (unpaired) electrons. The van der Waals surface area contributed by atoms with Crippen LogP contribution in [0.1, 0.15) is 17.5 Å². The van der Waals surface area contributed by atoms with Crippen LogP contribution in [-0.4, -0.2) is 48.6 Å². The van der Waals surface area contributed by atoms with Crippen LogP contribution in [0.2, 0.25) is 0 Å². The SMILES string of the molecule is [CH2-]CCN1CC2Cc3ccccc3CC1CN2C.[CH3-].[V+2]. The molecule has 20 heavy (non-hydrogen) atoms. The number of hydrogen-bond donors (Lipinski definition) is 0. The molecule has 1 aromatic carbocycles. The predicted octanol–water partition coefficient (Wildman–Crippen LogP) is 2.44. The van der Waals surface area contributed by atoms with Crippen LogP contribution in [0.25, 0.3) is 0 Å². The first-order chi connectivity index (χ1) is 8.78. The van der Waals surface area contributed by atoms with Gasteiger partial charge in [0.2, 0.25) is 0 Å². The van der Waals surface area contributed by atoms with Crippen LogP contribution in [0.5, 0.6) is 0 Å². The molecule has 0 amide bonds. The zero-order chi connectivity index (χ0) is 12.5. The van der Waals surface area contributed by atoms with Gasteiger partial charge in [-0.3, -0.25) is 4.90 Å². The Hall–Kier alpha value is -0.276. The molecule has 0 aliphatic carbocycles. The third kappa shape index (κ3) is 3.48. The van der Waals surface area contributed by atoms with Crippen molar-refractivity contribution < 1.29 is 18.6 Å². The fraction of sp³-hybridized carbons (Fsp3) is 0.529. The van der Waals surface area contributed by atoms with Gasteiger partial charge in [0.1, 0.15) is 0 Å². The van der Waals surface area contributed by atoms with Gasteiger partial charge in [-0.15, -0.1) is 0 Å². The summed E-state index contributed by atoms with van der Waals surface area (Å²) >= 11 is 0. The molecule has 2 bridgehead atoms. The third-order valence-electron chi connectivity index (χ3n) is 4.56. The first-order valence-corrected chi connectivity index (χ1v) is 7.08. The summed E-state index contributed by atoms with van der Waals surface area (Å²) in [7, 11) is 2.28. The minimum atomic E-state index is 0. The van der Waals surface area contributed by atoms with E-state index in [1.165, 1.54) is 25.9 Å². The smallest absolute Gasteiger partial charge is 0.358 e. The first kappa shape index (κ1) is 17.8. The number of rotatable bonds is 2. The average Bonchev–Trinajstić information content (AvgIpc) is 2.34. The van der Waals surface area contributed by atoms with Gasteiger partial charge in [-0.1, -0.05) is 24.3 Å². The standard InChI is InChI=1S/C16H23N2.CH3.V/c1-3-8-18-12-15-9-13-6-4-5-7-14(13)10-16(18)11-17(15)2;;/h4-7,15-16H,1,3,8-12H2,2H3;1H3;/q2*-1;+2. The topological polar surface area (TPSA) is 6.48 Å². The largest absolute Gasteiger partial charge is 2.00 e. The summed E-state index contributed by atoms with van der Waals surface area (Å²) in [5, 5.41) is 0. The maximum atomic E-state index is 4.03. The van der Waals surface area contributed by atoms with E-state index in [4.69, 9.17) is 0 Å². The molecule has 3 aliphatic heterocycles. The van der Waals surface area contributed by atoms with Crippen molar-refractivity contribution in [2.24, 2.45) is 0 Å². The number of fused-ring (bicyclic) bond motifs is 2. The van der Waals surface area contributed by atoms with E-state index in [-0.39, 0.29) is 26.0 Å². The maximum absolute atomic E-state index is 4.03. The van der Waals surface area contributed by atoms with E-state index in [0.29, 0.717) is 12.1 Å². The monoisotopic (exact) mass is 309 g/mol. The molecule has 1 aromatic rings. The molecule has 3 heterocycles. The van der Waals surface area contributed by atoms with E-state index in [1.807, 2.05) is 0 Å². The van der Waals surface area contributed by atoms with Crippen molar-refractivity contribution in [1.29, 1.82) is 0 Å². The van der Waals surface area contributed by atoms with Crippen LogP contribution < -0.4 is 0 Å². The minimum Gasteiger partial charge on any atom is -0.358 e. The Balaban J connectivity index is 0.000001000. The summed E-state index contributed by atoms with van der Waals surface area (Å²) < 4.78 is 0. The van der Waals surface area contributed by atoms with Gasteiger partial charge in [0.25, 0.3) is 0 Å². The zero-order valence-electron chi connectivity index (χ0n) is 12.8. The second kappa shape index (κ2) is 7.65. The average molecular weight is 309 g/mol. The van der Waals surface area contributed by atoms with Crippen molar-refractivity contribution in [2.45, 2.75) is 31.3 Å². The molecule has 1 fully saturated rings. The van der Waals surface area contributed by atoms with Gasteiger partial charge >= 0.3 is 18.6 Å². The molecular formula is C17H26N2V. The van der Waals surface area contributed by atoms with Gasteiger partial charge in [0.15, 0.2) is 0 Å². The van der Waals surface area contributed by atoms with Gasteiger partial charge in [0.05, 0.1) is 0 Å². The summed E-state index contributed by atoms with van der Waals surface area (Å²) in [6.45, 7) is 7.60. The molecule has 109 valence electrons. The Kier molecular flexibility index (Phi) is 6.80. The van der Waals surface area contributed by atoms with Crippen molar-refractivity contribution in [2.75, 3.05) is 26.7 Å². The number of benzene rings is 1. The fourth-order valence-electron chi connectivity index (χ4n) is 3.51. The molecule has 0 aromatic heterocycles. The molecular weight excluding hydrogens is 283 g/mol. The summed E-state index contributed by atoms with van der Waals surface area (Å²) in [6.07, 6.45) is 3.43. The molecule has 0 N–H and O–H groups in total. The second-order valence-corrected chi connectivity index (χ2v) is 5.77. The van der Waals surface area contributed by atoms with Crippen LogP contribution in [0, 0.1) is 14.4 Å². The second-order valence-electron chi connectivity index (χ2n) is 5.77. The van der Waals surface area contributed by atoms with Crippen LogP contribution in [0.3, 0.4) is 0 Å². The van der Waals surface area contributed by atoms with Gasteiger partial charge < -0.3 is 19.3 Å². The normalized spacial score (nSPS) is 25.9. The molecule has 0 saturated carbocycles. The van der Waals surface area contributed by atoms with Crippen molar-refractivity contribution in [3.63, 3.8) is 0 Å². The Morgan fingerprint density at radius 2 is 1.70 bits per heavy atom. The molecule has 2 unspecified atom stereocenters. The predicted molar refractivity (Wildman–Crippen MR) is 82.0 cm³/mol. The molecule has 2 nitrogen and oxygen atoms in total. The fourth-order valence-corrected chi connectivity index (χ4v) is 3.51. The molecule has 1 saturated heterocycles. The first-order valence-electron chi connectivity index (χ1n) is 7.08. The van der Waals surface area contributed by atoms with Crippen LogP contribution in [0.15, 0.2) is 24.3 Å². The van der Waals surface area contributed by atoms with E-state index in [9.17, 15) is 0 Å². The quantitative estimate of drug-likeness (QED) is 0.774. The molecule has 3 aliphatic rings. The third-order valence-corrected chi connectivity index (χ3v) is 4.56. The Morgan fingerprint density at radius 1 is 1.10 bits per heavy atom. The van der Waals surface area contributed by atoms with Crippen LogP contribution in [0.4, 0.5) is 0 Å². The maximum Gasteiger partial charge on any atom is 2.00 e. The Labute approximate surface area is 136 Å². The number of piperazine rings is 1. The van der Waals surface area contributed by atoms with Crippen LogP contribution in [-0.2, 0) is 31.4 Å². The Morgan fingerprint density at radius 3 is 2.30 bits per heavy atom. The van der Waals surface area contributed by atoms with E-state index >= 15 is 0 Å². The molecule has 4 rings (SSSR count). The number of hydrogen-bond acceptors (Lipinski definition) is 2. The van der Waals surface area contributed by atoms with E-state index in [2.05, 4.69) is 48.0 Å². The van der Waals surface area contributed by atoms with Crippen LogP contribution >= 0.6 is 0 Å². The minimum absolute atomic E-state index is 0. The van der Waals surface area contributed by atoms with Gasteiger partial charge in [-0.25, -0.2) is 0 Å². The molecule has 2 atom stereocenters. The number of nitrogens with zero attached hydrogens (tertiary/aromatic N) is 2. The molecule has 0 spiro atoms. The summed E-state index contributed by atoms with van der Waals surface area (Å²) in [5.74, 6) is 0. The molecule has 3 heteroatoms. The summed E-state index contributed by atoms with van der Waals surface area (Å²) in [6, 6.07) is 10.4. The van der Waals surface area contributed by atoms with E-state index in [1.54, 1.807) is 11.1 Å². The summed E-state index contributed by atoms with van der Waals surface area (Å²) in [5.41, 5.74) is 3.13. The van der Waals surface area contributed by atoms with Crippen molar-refractivity contribution in [3.8, 4) is 0 Å². The van der Waals surface area contributed by atoms with Gasteiger partial charge in [-0.2, -0.15) is 6.42 Å². The van der Waals surface area contributed by atoms with Crippen molar-refractivity contribution >= 4 is 0 Å². The Bertz CT molecular complexity index is 421. The zero-order valence-corrected chi connectivity index (χ0v) is 14.2. The van der Waals surface area contributed by atoms with Gasteiger partial charge in [-0.05, 0) is 37.6 Å². The van der Waals surface area contributed by atoms with Gasteiger partial charge in [0, 0.05) is 25.2 Å². The summed E-state index contributed by atoms with van der Waals surface area (Å²) in [4.78, 5) is 5.22.